The van der Waals surface area contributed by atoms with Crippen molar-refractivity contribution in [2.24, 2.45) is 5.92 Å². The number of piperidine rings is 1. The first-order valence-electron chi connectivity index (χ1n) is 7.33. The zero-order valence-electron chi connectivity index (χ0n) is 10.9. The minimum absolute atomic E-state index is 0.271. The topological polar surface area (TPSA) is 32.3 Å². The standard InChI is InChI=1S/C16H23NO/c18-16(13-7-9-17-10-8-13)15-6-2-5-14(11-15)12-3-1-4-12/h2,5-6,11-13,16-18H,1,3-4,7-10H2. The molecule has 1 aromatic rings. The number of benzene rings is 1. The lowest BCUT2D eigenvalue weighted by molar-refractivity contribution is 0.0888. The third-order valence-corrected chi connectivity index (χ3v) is 4.66. The summed E-state index contributed by atoms with van der Waals surface area (Å²) in [6.07, 6.45) is 5.93. The van der Waals surface area contributed by atoms with E-state index in [2.05, 4.69) is 29.6 Å². The van der Waals surface area contributed by atoms with Gasteiger partial charge in [-0.1, -0.05) is 30.7 Å². The number of hydrogen-bond donors (Lipinski definition) is 2. The van der Waals surface area contributed by atoms with Gasteiger partial charge in [0, 0.05) is 0 Å². The van der Waals surface area contributed by atoms with Gasteiger partial charge in [0.15, 0.2) is 0 Å². The predicted octanol–water partition coefficient (Wildman–Crippen LogP) is 2.99. The van der Waals surface area contributed by atoms with E-state index in [1.807, 2.05) is 0 Å². The van der Waals surface area contributed by atoms with Crippen LogP contribution in [0.25, 0.3) is 0 Å². The van der Waals surface area contributed by atoms with Crippen molar-refractivity contribution in [1.29, 1.82) is 0 Å². The third-order valence-electron chi connectivity index (χ3n) is 4.66. The summed E-state index contributed by atoms with van der Waals surface area (Å²) in [7, 11) is 0. The summed E-state index contributed by atoms with van der Waals surface area (Å²) in [5.74, 6) is 1.19. The summed E-state index contributed by atoms with van der Waals surface area (Å²) in [5, 5.41) is 13.9. The molecule has 2 fully saturated rings. The van der Waals surface area contributed by atoms with E-state index < -0.39 is 0 Å². The maximum atomic E-state index is 10.5. The van der Waals surface area contributed by atoms with E-state index in [0.717, 1.165) is 37.4 Å². The molecule has 1 aliphatic carbocycles. The quantitative estimate of drug-likeness (QED) is 0.858. The van der Waals surface area contributed by atoms with Gasteiger partial charge in [0.2, 0.25) is 0 Å². The molecule has 0 bridgehead atoms. The van der Waals surface area contributed by atoms with Gasteiger partial charge in [0.25, 0.3) is 0 Å². The Balaban J connectivity index is 1.73. The summed E-state index contributed by atoms with van der Waals surface area (Å²) >= 11 is 0. The fraction of sp³-hybridized carbons (Fsp3) is 0.625. The molecule has 1 aromatic carbocycles. The Bertz CT molecular complexity index is 394. The van der Waals surface area contributed by atoms with E-state index in [1.165, 1.54) is 24.8 Å². The number of rotatable bonds is 3. The van der Waals surface area contributed by atoms with E-state index >= 15 is 0 Å². The Kier molecular flexibility index (Phi) is 3.67. The molecule has 18 heavy (non-hydrogen) atoms. The van der Waals surface area contributed by atoms with Crippen LogP contribution in [0.15, 0.2) is 24.3 Å². The van der Waals surface area contributed by atoms with E-state index in [0.29, 0.717) is 5.92 Å². The van der Waals surface area contributed by atoms with Gasteiger partial charge in [-0.3, -0.25) is 0 Å². The lowest BCUT2D eigenvalue weighted by Gasteiger charge is -2.29. The Hall–Kier alpha value is -0.860. The van der Waals surface area contributed by atoms with Crippen LogP contribution in [0.2, 0.25) is 0 Å². The molecule has 1 unspecified atom stereocenters. The molecule has 2 heteroatoms. The predicted molar refractivity (Wildman–Crippen MR) is 73.6 cm³/mol. The molecule has 0 radical (unpaired) electrons. The first-order valence-corrected chi connectivity index (χ1v) is 7.33. The normalized spacial score (nSPS) is 23.6. The van der Waals surface area contributed by atoms with Crippen molar-refractivity contribution >= 4 is 0 Å². The molecule has 3 rings (SSSR count). The molecule has 1 saturated heterocycles. The molecule has 1 heterocycles. The van der Waals surface area contributed by atoms with Crippen LogP contribution >= 0.6 is 0 Å². The fourth-order valence-electron chi connectivity index (χ4n) is 3.17. The average Bonchev–Trinajstić information content (AvgIpc) is 2.37. The van der Waals surface area contributed by atoms with Crippen LogP contribution in [-0.4, -0.2) is 18.2 Å². The maximum absolute atomic E-state index is 10.5. The SMILES string of the molecule is OC(c1cccc(C2CCC2)c1)C1CCNCC1. The lowest BCUT2D eigenvalue weighted by Crippen LogP contribution is -2.30. The number of aliphatic hydroxyl groups excluding tert-OH is 1. The van der Waals surface area contributed by atoms with Gasteiger partial charge in [0.05, 0.1) is 6.10 Å². The summed E-state index contributed by atoms with van der Waals surface area (Å²) < 4.78 is 0. The van der Waals surface area contributed by atoms with Crippen LogP contribution in [0.1, 0.15) is 55.3 Å². The monoisotopic (exact) mass is 245 g/mol. The van der Waals surface area contributed by atoms with E-state index in [9.17, 15) is 5.11 Å². The van der Waals surface area contributed by atoms with Crippen molar-refractivity contribution in [3.8, 4) is 0 Å². The number of aliphatic hydroxyl groups is 1. The number of nitrogens with one attached hydrogen (secondary N) is 1. The molecular formula is C16H23NO. The van der Waals surface area contributed by atoms with Gasteiger partial charge in [0.1, 0.15) is 0 Å². The molecule has 0 aromatic heterocycles. The summed E-state index contributed by atoms with van der Waals surface area (Å²) in [6.45, 7) is 2.09. The average molecular weight is 245 g/mol. The highest BCUT2D eigenvalue weighted by atomic mass is 16.3. The van der Waals surface area contributed by atoms with Crippen molar-refractivity contribution in [1.82, 2.24) is 5.32 Å². The van der Waals surface area contributed by atoms with Crippen molar-refractivity contribution in [2.45, 2.75) is 44.1 Å². The minimum atomic E-state index is -0.271. The smallest absolute Gasteiger partial charge is 0.0819 e. The van der Waals surface area contributed by atoms with Gasteiger partial charge in [-0.15, -0.1) is 0 Å². The summed E-state index contributed by atoms with van der Waals surface area (Å²) in [6, 6.07) is 8.68. The van der Waals surface area contributed by atoms with Gasteiger partial charge in [-0.05, 0) is 61.7 Å². The van der Waals surface area contributed by atoms with Crippen LogP contribution < -0.4 is 5.32 Å². The highest BCUT2D eigenvalue weighted by molar-refractivity contribution is 5.29. The molecule has 1 aliphatic heterocycles. The lowest BCUT2D eigenvalue weighted by atomic mass is 9.78. The van der Waals surface area contributed by atoms with E-state index in [4.69, 9.17) is 0 Å². The van der Waals surface area contributed by atoms with Gasteiger partial charge < -0.3 is 10.4 Å². The van der Waals surface area contributed by atoms with Gasteiger partial charge in [-0.2, -0.15) is 0 Å². The highest BCUT2D eigenvalue weighted by Gasteiger charge is 2.24. The second-order valence-corrected chi connectivity index (χ2v) is 5.83. The first kappa shape index (κ1) is 12.2. The molecular weight excluding hydrogens is 222 g/mol. The Labute approximate surface area is 109 Å². The summed E-state index contributed by atoms with van der Waals surface area (Å²) in [4.78, 5) is 0. The summed E-state index contributed by atoms with van der Waals surface area (Å²) in [5.41, 5.74) is 2.57. The molecule has 0 spiro atoms. The van der Waals surface area contributed by atoms with E-state index in [1.54, 1.807) is 0 Å². The molecule has 2 nitrogen and oxygen atoms in total. The molecule has 2 N–H and O–H groups in total. The van der Waals surface area contributed by atoms with Crippen molar-refractivity contribution in [3.63, 3.8) is 0 Å². The molecule has 2 aliphatic rings. The van der Waals surface area contributed by atoms with Crippen LogP contribution in [-0.2, 0) is 0 Å². The third kappa shape index (κ3) is 2.45. The molecule has 1 atom stereocenters. The minimum Gasteiger partial charge on any atom is -0.388 e. The maximum Gasteiger partial charge on any atom is 0.0819 e. The van der Waals surface area contributed by atoms with Crippen LogP contribution in [0.3, 0.4) is 0 Å². The largest absolute Gasteiger partial charge is 0.388 e. The van der Waals surface area contributed by atoms with Crippen molar-refractivity contribution in [3.05, 3.63) is 35.4 Å². The Morgan fingerprint density at radius 1 is 1.11 bits per heavy atom. The van der Waals surface area contributed by atoms with Crippen LogP contribution in [0.5, 0.6) is 0 Å². The van der Waals surface area contributed by atoms with Crippen molar-refractivity contribution < 1.29 is 5.11 Å². The Morgan fingerprint density at radius 3 is 2.56 bits per heavy atom. The molecule has 98 valence electrons. The fourth-order valence-corrected chi connectivity index (χ4v) is 3.17. The van der Waals surface area contributed by atoms with Crippen LogP contribution in [0.4, 0.5) is 0 Å². The zero-order valence-corrected chi connectivity index (χ0v) is 10.9. The van der Waals surface area contributed by atoms with Gasteiger partial charge >= 0.3 is 0 Å². The molecule has 1 saturated carbocycles. The highest BCUT2D eigenvalue weighted by Crippen LogP contribution is 2.38. The number of hydrogen-bond acceptors (Lipinski definition) is 2. The van der Waals surface area contributed by atoms with Crippen LogP contribution in [0, 0.1) is 5.92 Å². The van der Waals surface area contributed by atoms with E-state index in [-0.39, 0.29) is 6.10 Å². The Morgan fingerprint density at radius 2 is 1.89 bits per heavy atom. The second-order valence-electron chi connectivity index (χ2n) is 5.83. The first-order chi connectivity index (χ1) is 8.84. The van der Waals surface area contributed by atoms with Crippen molar-refractivity contribution in [2.75, 3.05) is 13.1 Å². The molecule has 0 amide bonds. The second kappa shape index (κ2) is 5.41. The zero-order chi connectivity index (χ0) is 12.4. The van der Waals surface area contributed by atoms with Gasteiger partial charge in [-0.25, -0.2) is 0 Å².